The van der Waals surface area contributed by atoms with Crippen molar-refractivity contribution < 1.29 is 9.84 Å². The van der Waals surface area contributed by atoms with Gasteiger partial charge in [-0.25, -0.2) is 0 Å². The molecule has 0 spiro atoms. The van der Waals surface area contributed by atoms with Gasteiger partial charge in [0.1, 0.15) is 11.5 Å². The van der Waals surface area contributed by atoms with E-state index < -0.39 is 0 Å². The second-order valence-corrected chi connectivity index (χ2v) is 4.06. The summed E-state index contributed by atoms with van der Waals surface area (Å²) in [6.07, 6.45) is 0. The highest BCUT2D eigenvalue weighted by atomic mass is 16.5. The molecule has 0 aliphatic rings. The van der Waals surface area contributed by atoms with Gasteiger partial charge in [0.15, 0.2) is 0 Å². The lowest BCUT2D eigenvalue weighted by atomic mass is 10.0. The molecule has 0 radical (unpaired) electrons. The second-order valence-electron chi connectivity index (χ2n) is 4.06. The van der Waals surface area contributed by atoms with Gasteiger partial charge >= 0.3 is 0 Å². The van der Waals surface area contributed by atoms with Gasteiger partial charge in [-0.2, -0.15) is 0 Å². The molecular weight excluding hydrogens is 212 g/mol. The Morgan fingerprint density at radius 3 is 2.59 bits per heavy atom. The summed E-state index contributed by atoms with van der Waals surface area (Å²) in [5.41, 5.74) is 0. The van der Waals surface area contributed by atoms with E-state index in [4.69, 9.17) is 4.74 Å². The molecule has 0 fully saturated rings. The standard InChI is InChI=1S/C15H12O2/c1-17-13-6-5-10-7-11-3-2-4-15(16)14(11)9-12(10)8-13/h2-9,16H,1H3. The molecule has 0 heterocycles. The minimum atomic E-state index is 0.312. The van der Waals surface area contributed by atoms with Crippen LogP contribution in [0.5, 0.6) is 11.5 Å². The fourth-order valence-corrected chi connectivity index (χ4v) is 2.11. The molecule has 0 saturated carbocycles. The third kappa shape index (κ3) is 1.58. The summed E-state index contributed by atoms with van der Waals surface area (Å²) in [6, 6.07) is 15.6. The van der Waals surface area contributed by atoms with Gasteiger partial charge in [-0.1, -0.05) is 18.2 Å². The van der Waals surface area contributed by atoms with Crippen LogP contribution in [0.4, 0.5) is 0 Å². The number of methoxy groups -OCH3 is 1. The van der Waals surface area contributed by atoms with E-state index in [0.29, 0.717) is 5.75 Å². The van der Waals surface area contributed by atoms with Crippen molar-refractivity contribution in [1.29, 1.82) is 0 Å². The second kappa shape index (κ2) is 3.67. The molecule has 3 rings (SSSR count). The Morgan fingerprint density at radius 2 is 1.76 bits per heavy atom. The minimum absolute atomic E-state index is 0.312. The van der Waals surface area contributed by atoms with Crippen molar-refractivity contribution in [1.82, 2.24) is 0 Å². The maximum Gasteiger partial charge on any atom is 0.123 e. The first kappa shape index (κ1) is 9.97. The van der Waals surface area contributed by atoms with E-state index in [1.165, 1.54) is 0 Å². The van der Waals surface area contributed by atoms with Gasteiger partial charge in [0.25, 0.3) is 0 Å². The molecule has 2 heteroatoms. The monoisotopic (exact) mass is 224 g/mol. The number of ether oxygens (including phenoxy) is 1. The molecule has 0 bridgehead atoms. The number of phenols is 1. The summed E-state index contributed by atoms with van der Waals surface area (Å²) in [6.45, 7) is 0. The minimum Gasteiger partial charge on any atom is -0.507 e. The van der Waals surface area contributed by atoms with E-state index in [9.17, 15) is 5.11 Å². The molecule has 0 amide bonds. The molecular formula is C15H12O2. The van der Waals surface area contributed by atoms with Crippen molar-refractivity contribution in [2.45, 2.75) is 0 Å². The van der Waals surface area contributed by atoms with E-state index in [2.05, 4.69) is 6.07 Å². The third-order valence-corrected chi connectivity index (χ3v) is 3.02. The highest BCUT2D eigenvalue weighted by Gasteiger charge is 2.02. The lowest BCUT2D eigenvalue weighted by Crippen LogP contribution is -1.83. The van der Waals surface area contributed by atoms with Gasteiger partial charge in [0.05, 0.1) is 7.11 Å². The molecule has 84 valence electrons. The van der Waals surface area contributed by atoms with Crippen molar-refractivity contribution in [2.75, 3.05) is 7.11 Å². The molecule has 0 aliphatic heterocycles. The molecule has 0 unspecified atom stereocenters. The number of benzene rings is 3. The van der Waals surface area contributed by atoms with E-state index in [1.807, 2.05) is 36.4 Å². The zero-order valence-electron chi connectivity index (χ0n) is 9.47. The summed E-state index contributed by atoms with van der Waals surface area (Å²) >= 11 is 0. The number of hydrogen-bond acceptors (Lipinski definition) is 2. The summed E-state index contributed by atoms with van der Waals surface area (Å²) in [7, 11) is 1.65. The van der Waals surface area contributed by atoms with Crippen molar-refractivity contribution in [3.63, 3.8) is 0 Å². The Labute approximate surface area is 99.1 Å². The predicted molar refractivity (Wildman–Crippen MR) is 69.7 cm³/mol. The molecule has 3 aromatic carbocycles. The van der Waals surface area contributed by atoms with Gasteiger partial charge in [0, 0.05) is 5.39 Å². The highest BCUT2D eigenvalue weighted by Crippen LogP contribution is 2.30. The molecule has 3 aromatic rings. The Balaban J connectivity index is 2.40. The normalized spacial score (nSPS) is 10.9. The van der Waals surface area contributed by atoms with Crippen molar-refractivity contribution in [3.05, 3.63) is 48.5 Å². The summed E-state index contributed by atoms with van der Waals surface area (Å²) in [4.78, 5) is 0. The van der Waals surface area contributed by atoms with Crippen LogP contribution in [-0.2, 0) is 0 Å². The lowest BCUT2D eigenvalue weighted by Gasteiger charge is -2.06. The maximum absolute atomic E-state index is 9.83. The molecule has 0 atom stereocenters. The quantitative estimate of drug-likeness (QED) is 0.638. The van der Waals surface area contributed by atoms with Crippen LogP contribution in [0.1, 0.15) is 0 Å². The topological polar surface area (TPSA) is 29.5 Å². The average molecular weight is 224 g/mol. The van der Waals surface area contributed by atoms with Gasteiger partial charge in [0.2, 0.25) is 0 Å². The lowest BCUT2D eigenvalue weighted by molar-refractivity contribution is 0.415. The van der Waals surface area contributed by atoms with E-state index in [-0.39, 0.29) is 0 Å². The summed E-state index contributed by atoms with van der Waals surface area (Å²) in [5, 5.41) is 13.9. The number of rotatable bonds is 1. The van der Waals surface area contributed by atoms with Crippen LogP contribution >= 0.6 is 0 Å². The SMILES string of the molecule is COc1ccc2cc3cccc(O)c3cc2c1. The van der Waals surface area contributed by atoms with E-state index >= 15 is 0 Å². The number of phenolic OH excluding ortho intramolecular Hbond substituents is 1. The molecule has 17 heavy (non-hydrogen) atoms. The van der Waals surface area contributed by atoms with Gasteiger partial charge in [-0.3, -0.25) is 0 Å². The molecule has 0 aromatic heterocycles. The first-order chi connectivity index (χ1) is 8.28. The number of fused-ring (bicyclic) bond motifs is 2. The van der Waals surface area contributed by atoms with E-state index in [1.54, 1.807) is 13.2 Å². The summed E-state index contributed by atoms with van der Waals surface area (Å²) < 4.78 is 5.20. The zero-order chi connectivity index (χ0) is 11.8. The average Bonchev–Trinajstić information content (AvgIpc) is 2.37. The van der Waals surface area contributed by atoms with Crippen molar-refractivity contribution >= 4 is 21.5 Å². The van der Waals surface area contributed by atoms with E-state index in [0.717, 1.165) is 27.3 Å². The van der Waals surface area contributed by atoms with Gasteiger partial charge < -0.3 is 9.84 Å². The molecule has 1 N–H and O–H groups in total. The maximum atomic E-state index is 9.83. The predicted octanol–water partition coefficient (Wildman–Crippen LogP) is 3.71. The fraction of sp³-hybridized carbons (Fsp3) is 0.0667. The Hall–Kier alpha value is -2.22. The van der Waals surface area contributed by atoms with Gasteiger partial charge in [-0.15, -0.1) is 0 Å². The van der Waals surface area contributed by atoms with Crippen LogP contribution < -0.4 is 4.74 Å². The first-order valence-corrected chi connectivity index (χ1v) is 5.47. The molecule has 0 saturated heterocycles. The largest absolute Gasteiger partial charge is 0.507 e. The highest BCUT2D eigenvalue weighted by molar-refractivity contribution is 6.01. The smallest absolute Gasteiger partial charge is 0.123 e. The van der Waals surface area contributed by atoms with Crippen molar-refractivity contribution in [3.8, 4) is 11.5 Å². The molecule has 0 aliphatic carbocycles. The van der Waals surface area contributed by atoms with Crippen LogP contribution in [0.3, 0.4) is 0 Å². The zero-order valence-corrected chi connectivity index (χ0v) is 9.47. The Kier molecular flexibility index (Phi) is 2.15. The van der Waals surface area contributed by atoms with Crippen LogP contribution in [0, 0.1) is 0 Å². The third-order valence-electron chi connectivity index (χ3n) is 3.02. The Morgan fingerprint density at radius 1 is 0.882 bits per heavy atom. The van der Waals surface area contributed by atoms with Gasteiger partial charge in [-0.05, 0) is 46.5 Å². The first-order valence-electron chi connectivity index (χ1n) is 5.47. The number of hydrogen-bond donors (Lipinski definition) is 1. The number of aromatic hydroxyl groups is 1. The van der Waals surface area contributed by atoms with Crippen LogP contribution in [0.2, 0.25) is 0 Å². The fourth-order valence-electron chi connectivity index (χ4n) is 2.11. The van der Waals surface area contributed by atoms with Crippen molar-refractivity contribution in [2.24, 2.45) is 0 Å². The Bertz CT molecular complexity index is 702. The van der Waals surface area contributed by atoms with Crippen LogP contribution in [0.25, 0.3) is 21.5 Å². The van der Waals surface area contributed by atoms with Crippen LogP contribution in [-0.4, -0.2) is 12.2 Å². The molecule has 2 nitrogen and oxygen atoms in total. The summed E-state index contributed by atoms with van der Waals surface area (Å²) in [5.74, 6) is 1.14. The van der Waals surface area contributed by atoms with Crippen LogP contribution in [0.15, 0.2) is 48.5 Å².